The van der Waals surface area contributed by atoms with Crippen molar-refractivity contribution in [2.45, 2.75) is 18.8 Å². The highest BCUT2D eigenvalue weighted by Crippen LogP contribution is 2.23. The number of alkyl halides is 3. The van der Waals surface area contributed by atoms with E-state index >= 15 is 0 Å². The maximum atomic E-state index is 12.2. The highest BCUT2D eigenvalue weighted by molar-refractivity contribution is 5.92. The molecule has 2 amide bonds. The Labute approximate surface area is 152 Å². The van der Waals surface area contributed by atoms with Crippen LogP contribution < -0.4 is 20.3 Å². The third kappa shape index (κ3) is 6.44. The number of anilines is 1. The summed E-state index contributed by atoms with van der Waals surface area (Å²) in [5, 5.41) is 5.17. The van der Waals surface area contributed by atoms with Crippen LogP contribution in [0.15, 0.2) is 24.3 Å². The normalized spacial score (nSPS) is 19.8. The molecule has 1 aromatic rings. The van der Waals surface area contributed by atoms with E-state index in [9.17, 15) is 27.6 Å². The summed E-state index contributed by atoms with van der Waals surface area (Å²) in [6, 6.07) is 3.93. The molecule has 27 heavy (non-hydrogen) atoms. The molecule has 1 aliphatic rings. The molecule has 2 atom stereocenters. The van der Waals surface area contributed by atoms with E-state index in [1.165, 1.54) is 19.2 Å². The van der Waals surface area contributed by atoms with Gasteiger partial charge in [-0.05, 0) is 24.3 Å². The maximum absolute atomic E-state index is 12.2. The van der Waals surface area contributed by atoms with E-state index in [1.54, 1.807) is 0 Å². The van der Waals surface area contributed by atoms with Gasteiger partial charge in [0.2, 0.25) is 0 Å². The summed E-state index contributed by atoms with van der Waals surface area (Å²) in [6.07, 6.45) is -4.95. The van der Waals surface area contributed by atoms with Crippen molar-refractivity contribution in [1.29, 1.82) is 0 Å². The van der Waals surface area contributed by atoms with E-state index in [2.05, 4.69) is 20.1 Å². The third-order valence-corrected chi connectivity index (χ3v) is 3.91. The SMILES string of the molecule is COC(=O)C[C@@H]1C(=O)NCC[NH+]1CC(=O)Nc1ccc(OC(F)(F)F)cc1. The number of piperazine rings is 1. The van der Waals surface area contributed by atoms with Crippen LogP contribution in [-0.2, 0) is 19.1 Å². The topological polar surface area (TPSA) is 98.2 Å². The molecule has 0 spiro atoms. The molecule has 1 aliphatic heterocycles. The number of methoxy groups -OCH3 is 1. The highest BCUT2D eigenvalue weighted by atomic mass is 19.4. The van der Waals surface area contributed by atoms with Crippen molar-refractivity contribution in [1.82, 2.24) is 5.32 Å². The second-order valence-electron chi connectivity index (χ2n) is 5.83. The molecule has 148 valence electrons. The lowest BCUT2D eigenvalue weighted by Gasteiger charge is -2.30. The largest absolute Gasteiger partial charge is 0.573 e. The van der Waals surface area contributed by atoms with E-state index in [4.69, 9.17) is 0 Å². The number of esters is 1. The fourth-order valence-electron chi connectivity index (χ4n) is 2.68. The molecule has 3 N–H and O–H groups in total. The fourth-order valence-corrected chi connectivity index (χ4v) is 2.68. The summed E-state index contributed by atoms with van der Waals surface area (Å²) < 4.78 is 44.7. The molecule has 1 unspecified atom stereocenters. The molecule has 0 bridgehead atoms. The molecule has 0 aromatic heterocycles. The fraction of sp³-hybridized carbons (Fsp3) is 0.438. The van der Waals surface area contributed by atoms with Crippen molar-refractivity contribution in [3.63, 3.8) is 0 Å². The number of carbonyl (C=O) groups is 3. The van der Waals surface area contributed by atoms with E-state index < -0.39 is 30.0 Å². The van der Waals surface area contributed by atoms with Crippen LogP contribution in [-0.4, -0.2) is 56.9 Å². The molecule has 1 fully saturated rings. The first-order valence-electron chi connectivity index (χ1n) is 8.02. The monoisotopic (exact) mass is 390 g/mol. The van der Waals surface area contributed by atoms with Gasteiger partial charge in [0.1, 0.15) is 12.2 Å². The molecule has 0 saturated carbocycles. The Balaban J connectivity index is 1.95. The predicted molar refractivity (Wildman–Crippen MR) is 85.9 cm³/mol. The van der Waals surface area contributed by atoms with Crippen molar-refractivity contribution in [2.75, 3.05) is 32.1 Å². The first kappa shape index (κ1) is 20.5. The molecular formula is C16H19F3N3O5+. The quantitative estimate of drug-likeness (QED) is 0.568. The Morgan fingerprint density at radius 2 is 1.96 bits per heavy atom. The lowest BCUT2D eigenvalue weighted by molar-refractivity contribution is -0.909. The summed E-state index contributed by atoms with van der Waals surface area (Å²) in [4.78, 5) is 36.2. The van der Waals surface area contributed by atoms with Crippen LogP contribution in [0.4, 0.5) is 18.9 Å². The summed E-state index contributed by atoms with van der Waals surface area (Å²) in [5.41, 5.74) is 0.278. The smallest absolute Gasteiger partial charge is 0.469 e. The van der Waals surface area contributed by atoms with Crippen LogP contribution in [0.25, 0.3) is 0 Å². The minimum absolute atomic E-state index is 0.0874. The van der Waals surface area contributed by atoms with Crippen LogP contribution in [0.3, 0.4) is 0 Å². The van der Waals surface area contributed by atoms with E-state index in [0.29, 0.717) is 18.0 Å². The number of nitrogens with one attached hydrogen (secondary N) is 3. The zero-order chi connectivity index (χ0) is 20.0. The molecule has 11 heteroatoms. The maximum Gasteiger partial charge on any atom is 0.573 e. The number of carbonyl (C=O) groups excluding carboxylic acids is 3. The molecule has 1 heterocycles. The van der Waals surface area contributed by atoms with Crippen molar-refractivity contribution in [3.8, 4) is 5.75 Å². The number of benzene rings is 1. The summed E-state index contributed by atoms with van der Waals surface area (Å²) in [7, 11) is 1.21. The molecule has 0 aliphatic carbocycles. The molecule has 0 radical (unpaired) electrons. The van der Waals surface area contributed by atoms with E-state index in [1.807, 2.05) is 0 Å². The van der Waals surface area contributed by atoms with Gasteiger partial charge in [-0.1, -0.05) is 0 Å². The Hall–Kier alpha value is -2.82. The lowest BCUT2D eigenvalue weighted by atomic mass is 10.1. The van der Waals surface area contributed by atoms with Crippen molar-refractivity contribution in [2.24, 2.45) is 0 Å². The molecule has 1 aromatic carbocycles. The average molecular weight is 390 g/mol. The Morgan fingerprint density at radius 1 is 1.30 bits per heavy atom. The van der Waals surface area contributed by atoms with Gasteiger partial charge >= 0.3 is 12.3 Å². The first-order valence-corrected chi connectivity index (χ1v) is 8.02. The summed E-state index contributed by atoms with van der Waals surface area (Å²) >= 11 is 0. The predicted octanol–water partition coefficient (Wildman–Crippen LogP) is -0.530. The van der Waals surface area contributed by atoms with E-state index in [0.717, 1.165) is 12.1 Å². The van der Waals surface area contributed by atoms with Gasteiger partial charge in [0.25, 0.3) is 11.8 Å². The van der Waals surface area contributed by atoms with Crippen LogP contribution in [0.5, 0.6) is 5.75 Å². The summed E-state index contributed by atoms with van der Waals surface area (Å²) in [6.45, 7) is 0.720. The second-order valence-corrected chi connectivity index (χ2v) is 5.83. The van der Waals surface area contributed by atoms with Crippen molar-refractivity contribution in [3.05, 3.63) is 24.3 Å². The number of amides is 2. The number of rotatable bonds is 6. The Morgan fingerprint density at radius 3 is 2.56 bits per heavy atom. The minimum atomic E-state index is -4.79. The average Bonchev–Trinajstić information content (AvgIpc) is 2.58. The Bertz CT molecular complexity index is 694. The Kier molecular flexibility index (Phi) is 6.61. The van der Waals surface area contributed by atoms with E-state index in [-0.39, 0.29) is 24.6 Å². The van der Waals surface area contributed by atoms with Gasteiger partial charge in [-0.3, -0.25) is 14.4 Å². The van der Waals surface area contributed by atoms with Gasteiger partial charge in [-0.25, -0.2) is 0 Å². The highest BCUT2D eigenvalue weighted by Gasteiger charge is 2.36. The molecule has 2 rings (SSSR count). The van der Waals surface area contributed by atoms with Gasteiger partial charge in [0.05, 0.1) is 20.2 Å². The van der Waals surface area contributed by atoms with Crippen molar-refractivity contribution >= 4 is 23.5 Å². The van der Waals surface area contributed by atoms with Gasteiger partial charge in [-0.2, -0.15) is 0 Å². The van der Waals surface area contributed by atoms with Crippen molar-refractivity contribution < 1.29 is 41.9 Å². The number of halogens is 3. The number of quaternary nitrogens is 1. The van der Waals surface area contributed by atoms with Gasteiger partial charge < -0.3 is 25.0 Å². The second kappa shape index (κ2) is 8.71. The van der Waals surface area contributed by atoms with Crippen LogP contribution >= 0.6 is 0 Å². The third-order valence-electron chi connectivity index (χ3n) is 3.91. The minimum Gasteiger partial charge on any atom is -0.469 e. The zero-order valence-electron chi connectivity index (χ0n) is 14.4. The molecule has 8 nitrogen and oxygen atoms in total. The number of hydrogen-bond acceptors (Lipinski definition) is 5. The number of hydrogen-bond donors (Lipinski definition) is 3. The number of ether oxygens (including phenoxy) is 2. The van der Waals surface area contributed by atoms with Crippen LogP contribution in [0.1, 0.15) is 6.42 Å². The van der Waals surface area contributed by atoms with Crippen LogP contribution in [0.2, 0.25) is 0 Å². The first-order chi connectivity index (χ1) is 12.7. The molecule has 1 saturated heterocycles. The lowest BCUT2D eigenvalue weighted by Crippen LogP contribution is -3.20. The van der Waals surface area contributed by atoms with Gasteiger partial charge in [0, 0.05) is 5.69 Å². The molecular weight excluding hydrogens is 371 g/mol. The van der Waals surface area contributed by atoms with Gasteiger partial charge in [-0.15, -0.1) is 13.2 Å². The summed E-state index contributed by atoms with van der Waals surface area (Å²) in [5.74, 6) is -1.76. The standard InChI is InChI=1S/C16H18F3N3O5/c1-26-14(24)8-12-15(25)20-6-7-22(12)9-13(23)21-10-2-4-11(5-3-10)27-16(17,18)19/h2-5,12H,6-9H2,1H3,(H,20,25)(H,21,23)/p+1/t12-/m1/s1. The van der Waals surface area contributed by atoms with Gasteiger partial charge in [0.15, 0.2) is 12.6 Å². The van der Waals surface area contributed by atoms with Crippen LogP contribution in [0, 0.1) is 0 Å². The zero-order valence-corrected chi connectivity index (χ0v) is 14.4.